The Kier molecular flexibility index (Phi) is 7.35. The van der Waals surface area contributed by atoms with Crippen LogP contribution in [-0.4, -0.2) is 18.9 Å². The second-order valence-corrected chi connectivity index (χ2v) is 7.19. The molecule has 30 heavy (non-hydrogen) atoms. The summed E-state index contributed by atoms with van der Waals surface area (Å²) in [7, 11) is 1.58. The van der Waals surface area contributed by atoms with Gasteiger partial charge in [0.15, 0.2) is 5.78 Å². The van der Waals surface area contributed by atoms with Gasteiger partial charge in [0.1, 0.15) is 11.5 Å². The fraction of sp³-hybridized carbons (Fsp3) is 0.0400. The van der Waals surface area contributed by atoms with Crippen molar-refractivity contribution in [2.24, 2.45) is 0 Å². The number of rotatable bonds is 7. The molecular formula is C25H19BrO4. The first-order valence-electron chi connectivity index (χ1n) is 9.16. The smallest absolute Gasteiger partial charge is 0.336 e. The normalized spacial score (nSPS) is 11.0. The lowest BCUT2D eigenvalue weighted by molar-refractivity contribution is -0.128. The topological polar surface area (TPSA) is 52.6 Å². The van der Waals surface area contributed by atoms with E-state index in [9.17, 15) is 9.59 Å². The van der Waals surface area contributed by atoms with Crippen LogP contribution in [-0.2, 0) is 4.79 Å². The number of allylic oxidation sites excluding steroid dienone is 1. The summed E-state index contributed by atoms with van der Waals surface area (Å²) in [6.45, 7) is 0. The number of ketones is 1. The molecule has 3 aromatic rings. The Balaban J connectivity index is 1.62. The van der Waals surface area contributed by atoms with Gasteiger partial charge in [0.25, 0.3) is 0 Å². The van der Waals surface area contributed by atoms with Crippen molar-refractivity contribution in [1.29, 1.82) is 0 Å². The molecule has 0 saturated carbocycles. The molecule has 0 spiro atoms. The molecule has 0 atom stereocenters. The highest BCUT2D eigenvalue weighted by atomic mass is 79.9. The number of hydrogen-bond acceptors (Lipinski definition) is 4. The number of ether oxygens (including phenoxy) is 2. The fourth-order valence-corrected chi connectivity index (χ4v) is 3.04. The highest BCUT2D eigenvalue weighted by Gasteiger charge is 2.06. The second kappa shape index (κ2) is 10.4. The Labute approximate surface area is 183 Å². The number of hydrogen-bond donors (Lipinski definition) is 0. The molecule has 0 saturated heterocycles. The maximum atomic E-state index is 12.4. The van der Waals surface area contributed by atoms with E-state index in [4.69, 9.17) is 9.47 Å². The summed E-state index contributed by atoms with van der Waals surface area (Å²) in [5, 5.41) is 0. The lowest BCUT2D eigenvalue weighted by Gasteiger charge is -2.05. The molecule has 0 aliphatic carbocycles. The minimum absolute atomic E-state index is 0.168. The van der Waals surface area contributed by atoms with Crippen molar-refractivity contribution in [3.05, 3.63) is 106 Å². The third-order valence-corrected chi connectivity index (χ3v) is 4.67. The largest absolute Gasteiger partial charge is 0.496 e. The summed E-state index contributed by atoms with van der Waals surface area (Å²) in [6.07, 6.45) is 6.23. The third-order valence-electron chi connectivity index (χ3n) is 4.17. The Hall–Kier alpha value is -3.44. The van der Waals surface area contributed by atoms with E-state index in [1.807, 2.05) is 48.5 Å². The van der Waals surface area contributed by atoms with Crippen LogP contribution >= 0.6 is 15.9 Å². The molecule has 0 heterocycles. The molecule has 0 bridgehead atoms. The maximum absolute atomic E-state index is 12.4. The van der Waals surface area contributed by atoms with Gasteiger partial charge in [-0.15, -0.1) is 0 Å². The molecule has 0 N–H and O–H groups in total. The van der Waals surface area contributed by atoms with Crippen LogP contribution in [0.2, 0.25) is 0 Å². The first-order valence-corrected chi connectivity index (χ1v) is 9.95. The molecule has 0 aromatic heterocycles. The van der Waals surface area contributed by atoms with E-state index in [1.54, 1.807) is 43.5 Å². The van der Waals surface area contributed by atoms with Crippen LogP contribution in [0.5, 0.6) is 11.5 Å². The highest BCUT2D eigenvalue weighted by Crippen LogP contribution is 2.24. The van der Waals surface area contributed by atoms with Gasteiger partial charge in [-0.3, -0.25) is 4.79 Å². The summed E-state index contributed by atoms with van der Waals surface area (Å²) in [6, 6.07) is 21.5. The molecular weight excluding hydrogens is 444 g/mol. The zero-order chi connectivity index (χ0) is 21.3. The minimum Gasteiger partial charge on any atom is -0.496 e. The van der Waals surface area contributed by atoms with Crippen molar-refractivity contribution in [2.75, 3.05) is 7.11 Å². The van der Waals surface area contributed by atoms with Gasteiger partial charge in [-0.05, 0) is 66.3 Å². The molecule has 0 aliphatic rings. The Morgan fingerprint density at radius 2 is 1.60 bits per heavy atom. The average Bonchev–Trinajstić information content (AvgIpc) is 2.77. The van der Waals surface area contributed by atoms with Gasteiger partial charge >= 0.3 is 5.97 Å². The van der Waals surface area contributed by atoms with E-state index in [0.29, 0.717) is 17.1 Å². The van der Waals surface area contributed by atoms with Crippen LogP contribution in [0.15, 0.2) is 89.4 Å². The van der Waals surface area contributed by atoms with Crippen LogP contribution in [0, 0.1) is 0 Å². The van der Waals surface area contributed by atoms with Gasteiger partial charge in [-0.25, -0.2) is 4.79 Å². The minimum atomic E-state index is -0.487. The lowest BCUT2D eigenvalue weighted by atomic mass is 10.1. The first-order chi connectivity index (χ1) is 14.5. The summed E-state index contributed by atoms with van der Waals surface area (Å²) in [5.74, 6) is 0.387. The van der Waals surface area contributed by atoms with Crippen LogP contribution in [0.1, 0.15) is 21.5 Å². The van der Waals surface area contributed by atoms with Gasteiger partial charge in [-0.1, -0.05) is 46.3 Å². The van der Waals surface area contributed by atoms with Gasteiger partial charge in [0.05, 0.1) is 7.11 Å². The summed E-state index contributed by atoms with van der Waals surface area (Å²) >= 11 is 3.41. The van der Waals surface area contributed by atoms with E-state index < -0.39 is 5.97 Å². The van der Waals surface area contributed by atoms with Crippen molar-refractivity contribution >= 4 is 39.8 Å². The molecule has 5 heteroatoms. The average molecular weight is 463 g/mol. The lowest BCUT2D eigenvalue weighted by Crippen LogP contribution is -2.04. The first kappa shape index (κ1) is 21.3. The summed E-state index contributed by atoms with van der Waals surface area (Å²) < 4.78 is 11.5. The molecule has 3 aromatic carbocycles. The maximum Gasteiger partial charge on any atom is 0.336 e. The van der Waals surface area contributed by atoms with Crippen molar-refractivity contribution in [2.45, 2.75) is 0 Å². The van der Waals surface area contributed by atoms with Crippen LogP contribution in [0.3, 0.4) is 0 Å². The Bertz CT molecular complexity index is 1080. The number of esters is 1. The molecule has 4 nitrogen and oxygen atoms in total. The van der Waals surface area contributed by atoms with E-state index in [-0.39, 0.29) is 5.78 Å². The van der Waals surface area contributed by atoms with Crippen LogP contribution in [0.25, 0.3) is 12.2 Å². The van der Waals surface area contributed by atoms with Gasteiger partial charge in [0.2, 0.25) is 0 Å². The van der Waals surface area contributed by atoms with Crippen molar-refractivity contribution in [3.8, 4) is 11.5 Å². The molecule has 0 fully saturated rings. The van der Waals surface area contributed by atoms with Gasteiger partial charge in [-0.2, -0.15) is 0 Å². The van der Waals surface area contributed by atoms with Crippen molar-refractivity contribution in [1.82, 2.24) is 0 Å². The quantitative estimate of drug-likeness (QED) is 0.188. The van der Waals surface area contributed by atoms with Gasteiger partial charge < -0.3 is 9.47 Å². The zero-order valence-corrected chi connectivity index (χ0v) is 17.8. The number of methoxy groups -OCH3 is 1. The summed E-state index contributed by atoms with van der Waals surface area (Å²) in [4.78, 5) is 24.4. The monoisotopic (exact) mass is 462 g/mol. The van der Waals surface area contributed by atoms with Gasteiger partial charge in [0, 0.05) is 21.7 Å². The molecule has 0 radical (unpaired) electrons. The molecule has 150 valence electrons. The molecule has 0 aliphatic heterocycles. The summed E-state index contributed by atoms with van der Waals surface area (Å²) in [5.41, 5.74) is 2.18. The molecule has 0 amide bonds. The van der Waals surface area contributed by atoms with E-state index in [2.05, 4.69) is 15.9 Å². The van der Waals surface area contributed by atoms with E-state index >= 15 is 0 Å². The van der Waals surface area contributed by atoms with E-state index in [0.717, 1.165) is 15.6 Å². The standard InChI is InChI=1S/C25H19BrO4/c1-29-24-15-11-21(26)17-20(24)10-14-23(27)19-8-12-22(13-9-19)30-25(28)16-7-18-5-3-2-4-6-18/h2-17H,1H3/b14-10+,16-7+. The Morgan fingerprint density at radius 3 is 2.30 bits per heavy atom. The molecule has 3 rings (SSSR count). The van der Waals surface area contributed by atoms with Crippen molar-refractivity contribution in [3.63, 3.8) is 0 Å². The Morgan fingerprint density at radius 1 is 0.867 bits per heavy atom. The number of carbonyl (C=O) groups excluding carboxylic acids is 2. The SMILES string of the molecule is COc1ccc(Br)cc1/C=C/C(=O)c1ccc(OC(=O)/C=C/c2ccccc2)cc1. The highest BCUT2D eigenvalue weighted by molar-refractivity contribution is 9.10. The van der Waals surface area contributed by atoms with Crippen LogP contribution in [0.4, 0.5) is 0 Å². The molecule has 0 unspecified atom stereocenters. The number of carbonyl (C=O) groups is 2. The fourth-order valence-electron chi connectivity index (χ4n) is 2.66. The van der Waals surface area contributed by atoms with Crippen LogP contribution < -0.4 is 9.47 Å². The predicted molar refractivity (Wildman–Crippen MR) is 122 cm³/mol. The predicted octanol–water partition coefficient (Wildman–Crippen LogP) is 5.97. The zero-order valence-electron chi connectivity index (χ0n) is 16.2. The second-order valence-electron chi connectivity index (χ2n) is 6.27. The number of halogens is 1. The third kappa shape index (κ3) is 6.03. The number of benzene rings is 3. The van der Waals surface area contributed by atoms with E-state index in [1.165, 1.54) is 12.2 Å². The van der Waals surface area contributed by atoms with Crippen molar-refractivity contribution < 1.29 is 19.1 Å².